The molecule has 0 amide bonds. The van der Waals surface area contributed by atoms with Crippen LogP contribution in [0.25, 0.3) is 0 Å². The molecule has 0 bridgehead atoms. The summed E-state index contributed by atoms with van der Waals surface area (Å²) in [5.41, 5.74) is -0.133. The Balaban J connectivity index is 1.60. The molecule has 0 radical (unpaired) electrons. The first kappa shape index (κ1) is 16.2. The molecule has 0 aromatic carbocycles. The van der Waals surface area contributed by atoms with Gasteiger partial charge in [-0.25, -0.2) is 0 Å². The maximum Gasteiger partial charge on any atom is 0.0610 e. The average Bonchev–Trinajstić information content (AvgIpc) is 3.28. The predicted octanol–water partition coefficient (Wildman–Crippen LogP) is 2.24. The number of methoxy groups -OCH3 is 1. The summed E-state index contributed by atoms with van der Waals surface area (Å²) in [5.74, 6) is 0. The Kier molecular flexibility index (Phi) is 6.27. The molecule has 4 nitrogen and oxygen atoms in total. The summed E-state index contributed by atoms with van der Waals surface area (Å²) in [7, 11) is 1.79. The minimum absolute atomic E-state index is 0.133. The van der Waals surface area contributed by atoms with Crippen LogP contribution in [0.4, 0.5) is 0 Å². The van der Waals surface area contributed by atoms with E-state index in [0.29, 0.717) is 18.2 Å². The van der Waals surface area contributed by atoms with Crippen LogP contribution in [0.15, 0.2) is 0 Å². The number of hydrogen-bond donors (Lipinski definition) is 2. The fourth-order valence-electron chi connectivity index (χ4n) is 3.10. The number of rotatable bonds is 9. The Bertz CT molecular complexity index is 283. The summed E-state index contributed by atoms with van der Waals surface area (Å²) in [5, 5.41) is 13.1. The topological polar surface area (TPSA) is 50.7 Å². The average molecular weight is 285 g/mol. The van der Waals surface area contributed by atoms with Gasteiger partial charge < -0.3 is 19.9 Å². The molecule has 2 rings (SSSR count). The minimum atomic E-state index is -0.133. The Morgan fingerprint density at radius 2 is 1.95 bits per heavy atom. The fourth-order valence-corrected chi connectivity index (χ4v) is 3.10. The van der Waals surface area contributed by atoms with Crippen molar-refractivity contribution in [1.82, 2.24) is 5.32 Å². The zero-order valence-electron chi connectivity index (χ0n) is 13.1. The predicted molar refractivity (Wildman–Crippen MR) is 79.9 cm³/mol. The SMILES string of the molecule is COC1CCCC(OCCCC(C)(CO)NC2CC2)C1. The van der Waals surface area contributed by atoms with Crippen molar-refractivity contribution < 1.29 is 14.6 Å². The van der Waals surface area contributed by atoms with Crippen LogP contribution in [0.3, 0.4) is 0 Å². The molecular weight excluding hydrogens is 254 g/mol. The first-order valence-electron chi connectivity index (χ1n) is 8.18. The van der Waals surface area contributed by atoms with Crippen LogP contribution < -0.4 is 5.32 Å². The molecule has 2 N–H and O–H groups in total. The summed E-state index contributed by atoms with van der Waals surface area (Å²) < 4.78 is 11.4. The third kappa shape index (κ3) is 5.32. The Hall–Kier alpha value is -0.160. The maximum absolute atomic E-state index is 9.56. The van der Waals surface area contributed by atoms with Gasteiger partial charge in [-0.2, -0.15) is 0 Å². The van der Waals surface area contributed by atoms with E-state index in [2.05, 4.69) is 12.2 Å². The van der Waals surface area contributed by atoms with E-state index in [1.54, 1.807) is 7.11 Å². The van der Waals surface area contributed by atoms with Crippen molar-refractivity contribution in [3.05, 3.63) is 0 Å². The van der Waals surface area contributed by atoms with Crippen LogP contribution >= 0.6 is 0 Å². The largest absolute Gasteiger partial charge is 0.394 e. The molecule has 2 saturated carbocycles. The standard InChI is InChI=1S/C16H31NO3/c1-16(12-18,17-13-7-8-13)9-4-10-20-15-6-3-5-14(11-15)19-2/h13-15,17-18H,3-12H2,1-2H3. The first-order valence-corrected chi connectivity index (χ1v) is 8.18. The summed E-state index contributed by atoms with van der Waals surface area (Å²) in [4.78, 5) is 0. The summed E-state index contributed by atoms with van der Waals surface area (Å²) in [6.07, 6.45) is 9.82. The summed E-state index contributed by atoms with van der Waals surface area (Å²) in [6, 6.07) is 0.633. The molecule has 3 unspecified atom stereocenters. The van der Waals surface area contributed by atoms with Gasteiger partial charge in [0, 0.05) is 25.3 Å². The lowest BCUT2D eigenvalue weighted by molar-refractivity contribution is -0.0318. The number of nitrogens with one attached hydrogen (secondary N) is 1. The zero-order chi connectivity index (χ0) is 14.4. The molecule has 0 spiro atoms. The van der Waals surface area contributed by atoms with Gasteiger partial charge >= 0.3 is 0 Å². The quantitative estimate of drug-likeness (QED) is 0.638. The second-order valence-corrected chi connectivity index (χ2v) is 6.76. The van der Waals surface area contributed by atoms with Crippen molar-refractivity contribution in [3.8, 4) is 0 Å². The Labute approximate surface area is 123 Å². The van der Waals surface area contributed by atoms with E-state index in [1.165, 1.54) is 25.7 Å². The van der Waals surface area contributed by atoms with Gasteiger partial charge in [0.1, 0.15) is 0 Å². The van der Waals surface area contributed by atoms with Crippen LogP contribution in [0.2, 0.25) is 0 Å². The van der Waals surface area contributed by atoms with Gasteiger partial charge in [0.2, 0.25) is 0 Å². The lowest BCUT2D eigenvalue weighted by Gasteiger charge is -2.30. The maximum atomic E-state index is 9.56. The molecule has 2 aliphatic rings. The molecule has 0 aromatic heterocycles. The number of ether oxygens (including phenoxy) is 2. The van der Waals surface area contributed by atoms with Crippen molar-refractivity contribution >= 4 is 0 Å². The molecular formula is C16H31NO3. The highest BCUT2D eigenvalue weighted by atomic mass is 16.5. The van der Waals surface area contributed by atoms with Crippen molar-refractivity contribution in [1.29, 1.82) is 0 Å². The lowest BCUT2D eigenvalue weighted by atomic mass is 9.94. The Morgan fingerprint density at radius 1 is 1.20 bits per heavy atom. The number of aliphatic hydroxyl groups is 1. The number of aliphatic hydroxyl groups excluding tert-OH is 1. The van der Waals surface area contributed by atoms with E-state index in [9.17, 15) is 5.11 Å². The molecule has 2 fully saturated rings. The van der Waals surface area contributed by atoms with Crippen LogP contribution in [0.5, 0.6) is 0 Å². The van der Waals surface area contributed by atoms with E-state index in [1.807, 2.05) is 0 Å². The second kappa shape index (κ2) is 7.74. The molecule has 0 aromatic rings. The smallest absolute Gasteiger partial charge is 0.0610 e. The normalized spacial score (nSPS) is 30.1. The van der Waals surface area contributed by atoms with E-state index in [-0.39, 0.29) is 12.1 Å². The second-order valence-electron chi connectivity index (χ2n) is 6.76. The first-order chi connectivity index (χ1) is 9.65. The van der Waals surface area contributed by atoms with Gasteiger partial charge in [0.25, 0.3) is 0 Å². The van der Waals surface area contributed by atoms with E-state index in [4.69, 9.17) is 9.47 Å². The molecule has 0 saturated heterocycles. The molecule has 0 heterocycles. The molecule has 20 heavy (non-hydrogen) atoms. The van der Waals surface area contributed by atoms with Gasteiger partial charge in [-0.1, -0.05) is 0 Å². The van der Waals surface area contributed by atoms with Gasteiger partial charge in [-0.15, -0.1) is 0 Å². The zero-order valence-corrected chi connectivity index (χ0v) is 13.1. The van der Waals surface area contributed by atoms with Gasteiger partial charge in [0.15, 0.2) is 0 Å². The van der Waals surface area contributed by atoms with Crippen LogP contribution in [-0.4, -0.2) is 49.2 Å². The molecule has 0 aliphatic heterocycles. The highest BCUT2D eigenvalue weighted by molar-refractivity contribution is 4.92. The third-order valence-electron chi connectivity index (χ3n) is 4.62. The van der Waals surface area contributed by atoms with Crippen molar-refractivity contribution in [2.24, 2.45) is 0 Å². The van der Waals surface area contributed by atoms with Gasteiger partial charge in [0.05, 0.1) is 18.8 Å². The highest BCUT2D eigenvalue weighted by Gasteiger charge is 2.31. The molecule has 4 heteroatoms. The molecule has 118 valence electrons. The third-order valence-corrected chi connectivity index (χ3v) is 4.62. The van der Waals surface area contributed by atoms with E-state index in [0.717, 1.165) is 32.3 Å². The van der Waals surface area contributed by atoms with Crippen molar-refractivity contribution in [2.75, 3.05) is 20.3 Å². The number of hydrogen-bond acceptors (Lipinski definition) is 4. The highest BCUT2D eigenvalue weighted by Crippen LogP contribution is 2.26. The van der Waals surface area contributed by atoms with Gasteiger partial charge in [-0.05, 0) is 58.3 Å². The van der Waals surface area contributed by atoms with E-state index < -0.39 is 0 Å². The van der Waals surface area contributed by atoms with Crippen LogP contribution in [0.1, 0.15) is 58.3 Å². The summed E-state index contributed by atoms with van der Waals surface area (Å²) in [6.45, 7) is 3.12. The fraction of sp³-hybridized carbons (Fsp3) is 1.00. The lowest BCUT2D eigenvalue weighted by Crippen LogP contribution is -2.47. The van der Waals surface area contributed by atoms with Gasteiger partial charge in [-0.3, -0.25) is 0 Å². The van der Waals surface area contributed by atoms with E-state index >= 15 is 0 Å². The molecule has 3 atom stereocenters. The van der Waals surface area contributed by atoms with Crippen molar-refractivity contribution in [3.63, 3.8) is 0 Å². The van der Waals surface area contributed by atoms with Crippen LogP contribution in [-0.2, 0) is 9.47 Å². The minimum Gasteiger partial charge on any atom is -0.394 e. The monoisotopic (exact) mass is 285 g/mol. The molecule has 2 aliphatic carbocycles. The Morgan fingerprint density at radius 3 is 2.60 bits per heavy atom. The van der Waals surface area contributed by atoms with Crippen molar-refractivity contribution in [2.45, 2.75) is 82.1 Å². The summed E-state index contributed by atoms with van der Waals surface area (Å²) >= 11 is 0. The van der Waals surface area contributed by atoms with Crippen LogP contribution in [0, 0.1) is 0 Å².